The van der Waals surface area contributed by atoms with E-state index in [0.717, 1.165) is 40.2 Å². The van der Waals surface area contributed by atoms with Gasteiger partial charge in [-0.3, -0.25) is 0 Å². The molecule has 47 heavy (non-hydrogen) atoms. The van der Waals surface area contributed by atoms with E-state index in [1.54, 1.807) is 16.7 Å². The van der Waals surface area contributed by atoms with Gasteiger partial charge in [-0.15, -0.1) is 0 Å². The van der Waals surface area contributed by atoms with Gasteiger partial charge in [-0.25, -0.2) is 0 Å². The first kappa shape index (κ1) is 28.6. The Hall–Kier alpha value is -4.56. The SMILES string of the molecule is CC1(C)c2ccccc2C2(c3ccc(-c4ccc(/C(N)=C/C=C(\N)c5cccc6ccccc56)cc4)cc31)C1CC3CC(C1)CC2C3. The number of benzene rings is 5. The minimum Gasteiger partial charge on any atom is -0.398 e. The molecule has 2 nitrogen and oxygen atoms in total. The fourth-order valence-corrected chi connectivity index (χ4v) is 10.8. The number of hydrogen-bond acceptors (Lipinski definition) is 2. The van der Waals surface area contributed by atoms with E-state index in [0.29, 0.717) is 11.4 Å². The Morgan fingerprint density at radius 3 is 1.91 bits per heavy atom. The molecule has 4 saturated carbocycles. The van der Waals surface area contributed by atoms with Crippen molar-refractivity contribution in [3.8, 4) is 11.1 Å². The minimum atomic E-state index is -0.0503. The summed E-state index contributed by atoms with van der Waals surface area (Å²) in [4.78, 5) is 0. The Kier molecular flexibility index (Phi) is 6.38. The Bertz CT molecular complexity index is 2060. The third-order valence-corrected chi connectivity index (χ3v) is 12.7. The summed E-state index contributed by atoms with van der Waals surface area (Å²) in [7, 11) is 0. The van der Waals surface area contributed by atoms with Crippen LogP contribution in [-0.2, 0) is 10.8 Å². The van der Waals surface area contributed by atoms with E-state index in [-0.39, 0.29) is 10.8 Å². The normalized spacial score (nSPS) is 27.2. The molecule has 0 atom stereocenters. The van der Waals surface area contributed by atoms with Crippen molar-refractivity contribution < 1.29 is 0 Å². The van der Waals surface area contributed by atoms with Crippen molar-refractivity contribution in [3.63, 3.8) is 0 Å². The maximum absolute atomic E-state index is 6.59. The Morgan fingerprint density at radius 1 is 0.574 bits per heavy atom. The predicted octanol–water partition coefficient (Wildman–Crippen LogP) is 10.2. The lowest BCUT2D eigenvalue weighted by atomic mass is 9.39. The van der Waals surface area contributed by atoms with Gasteiger partial charge in [-0.05, 0) is 124 Å². The highest BCUT2D eigenvalue weighted by Crippen LogP contribution is 2.68. The van der Waals surface area contributed by atoms with Crippen LogP contribution in [0.25, 0.3) is 33.3 Å². The van der Waals surface area contributed by atoms with Crippen molar-refractivity contribution in [2.24, 2.45) is 35.1 Å². The molecule has 0 heterocycles. The molecule has 5 aliphatic rings. The number of fused-ring (bicyclic) bond motifs is 3. The van der Waals surface area contributed by atoms with E-state index in [1.165, 1.54) is 54.2 Å². The Balaban J connectivity index is 1.06. The van der Waals surface area contributed by atoms with Gasteiger partial charge in [0.1, 0.15) is 0 Å². The number of nitrogens with two attached hydrogens (primary N) is 2. The highest BCUT2D eigenvalue weighted by molar-refractivity contribution is 5.93. The van der Waals surface area contributed by atoms with Crippen molar-refractivity contribution in [1.82, 2.24) is 0 Å². The van der Waals surface area contributed by atoms with Gasteiger partial charge in [-0.1, -0.05) is 117 Å². The molecule has 1 spiro atoms. The van der Waals surface area contributed by atoms with Crippen LogP contribution in [0.3, 0.4) is 0 Å². The van der Waals surface area contributed by atoms with Crippen LogP contribution in [0, 0.1) is 23.7 Å². The monoisotopic (exact) mass is 612 g/mol. The van der Waals surface area contributed by atoms with Gasteiger partial charge in [0.25, 0.3) is 0 Å². The number of hydrogen-bond donors (Lipinski definition) is 2. The zero-order chi connectivity index (χ0) is 31.9. The van der Waals surface area contributed by atoms with E-state index in [4.69, 9.17) is 11.5 Å². The molecule has 5 aromatic rings. The summed E-state index contributed by atoms with van der Waals surface area (Å²) in [5.41, 5.74) is 25.5. The summed E-state index contributed by atoms with van der Waals surface area (Å²) in [6.07, 6.45) is 10.9. The summed E-state index contributed by atoms with van der Waals surface area (Å²) in [6, 6.07) is 40.2. The van der Waals surface area contributed by atoms with Gasteiger partial charge in [0.2, 0.25) is 0 Å². The van der Waals surface area contributed by atoms with Crippen molar-refractivity contribution in [2.75, 3.05) is 0 Å². The first-order valence-corrected chi connectivity index (χ1v) is 17.6. The topological polar surface area (TPSA) is 52.0 Å². The highest BCUT2D eigenvalue weighted by atomic mass is 14.7. The molecular weight excluding hydrogens is 569 g/mol. The smallest absolute Gasteiger partial charge is 0.0394 e. The van der Waals surface area contributed by atoms with Crippen LogP contribution in [-0.4, -0.2) is 0 Å². The largest absolute Gasteiger partial charge is 0.398 e. The lowest BCUT2D eigenvalue weighted by molar-refractivity contribution is -0.0443. The summed E-state index contributed by atoms with van der Waals surface area (Å²) < 4.78 is 0. The molecule has 5 aromatic carbocycles. The Morgan fingerprint density at radius 2 is 1.17 bits per heavy atom. The predicted molar refractivity (Wildman–Crippen MR) is 197 cm³/mol. The second-order valence-electron chi connectivity index (χ2n) is 15.5. The zero-order valence-electron chi connectivity index (χ0n) is 27.5. The lowest BCUT2D eigenvalue weighted by Crippen LogP contribution is -2.58. The molecule has 0 aromatic heterocycles. The van der Waals surface area contributed by atoms with Crippen LogP contribution < -0.4 is 11.5 Å². The fourth-order valence-electron chi connectivity index (χ4n) is 10.8. The average molecular weight is 613 g/mol. The average Bonchev–Trinajstić information content (AvgIpc) is 3.10. The summed E-state index contributed by atoms with van der Waals surface area (Å²) in [5, 5.41) is 2.32. The molecule has 2 heteroatoms. The maximum atomic E-state index is 6.59. The molecule has 5 aliphatic carbocycles. The van der Waals surface area contributed by atoms with Crippen LogP contribution in [0.2, 0.25) is 0 Å². The molecule has 0 radical (unpaired) electrons. The molecule has 4 bridgehead atoms. The molecule has 4 N–H and O–H groups in total. The van der Waals surface area contributed by atoms with Crippen LogP contribution in [0.5, 0.6) is 0 Å². The second-order valence-corrected chi connectivity index (χ2v) is 15.5. The van der Waals surface area contributed by atoms with Crippen LogP contribution >= 0.6 is 0 Å². The third kappa shape index (κ3) is 4.23. The molecule has 0 aliphatic heterocycles. The third-order valence-electron chi connectivity index (χ3n) is 12.7. The van der Waals surface area contributed by atoms with Crippen molar-refractivity contribution in [3.05, 3.63) is 155 Å². The van der Waals surface area contributed by atoms with Crippen molar-refractivity contribution >= 4 is 22.2 Å². The summed E-state index contributed by atoms with van der Waals surface area (Å²) >= 11 is 0. The molecular formula is C45H44N2. The number of allylic oxidation sites excluding steroid dienone is 2. The van der Waals surface area contributed by atoms with Gasteiger partial charge >= 0.3 is 0 Å². The van der Waals surface area contributed by atoms with Crippen LogP contribution in [0.15, 0.2) is 121 Å². The highest BCUT2D eigenvalue weighted by Gasteiger charge is 2.61. The van der Waals surface area contributed by atoms with Gasteiger partial charge in [0.15, 0.2) is 0 Å². The molecule has 0 unspecified atom stereocenters. The van der Waals surface area contributed by atoms with E-state index in [9.17, 15) is 0 Å². The maximum Gasteiger partial charge on any atom is 0.0394 e. The van der Waals surface area contributed by atoms with E-state index >= 15 is 0 Å². The second kappa shape index (κ2) is 10.5. The standard InChI is InChI=1S/C45H44N2/c1-44(2)38-12-5-6-13-39(38)45(34-23-28-22-29(25-34)26-35(45)24-28)40-19-18-33(27-41(40)44)30-14-16-32(17-15-30)42(46)20-21-43(47)37-11-7-9-31-8-3-4-10-36(31)37/h3-21,27-29,34-35H,22-26,46-47H2,1-2H3/b42-20-,43-21-. The lowest BCUT2D eigenvalue weighted by Gasteiger charge is -2.64. The van der Waals surface area contributed by atoms with E-state index in [1.807, 2.05) is 18.2 Å². The van der Waals surface area contributed by atoms with Gasteiger partial charge in [0.05, 0.1) is 0 Å². The summed E-state index contributed by atoms with van der Waals surface area (Å²) in [5.74, 6) is 3.41. The molecule has 10 rings (SSSR count). The Labute approximate surface area is 279 Å². The van der Waals surface area contributed by atoms with Crippen molar-refractivity contribution in [1.29, 1.82) is 0 Å². The van der Waals surface area contributed by atoms with E-state index < -0.39 is 0 Å². The van der Waals surface area contributed by atoms with Crippen molar-refractivity contribution in [2.45, 2.75) is 56.8 Å². The molecule has 4 fully saturated rings. The first-order valence-electron chi connectivity index (χ1n) is 17.6. The molecule has 0 saturated heterocycles. The van der Waals surface area contributed by atoms with E-state index in [2.05, 4.69) is 117 Å². The van der Waals surface area contributed by atoms with Gasteiger partial charge in [0, 0.05) is 27.8 Å². The minimum absolute atomic E-state index is 0.0503. The van der Waals surface area contributed by atoms with Crippen LogP contribution in [0.4, 0.5) is 0 Å². The fraction of sp³-hybridized carbons (Fsp3) is 0.289. The summed E-state index contributed by atoms with van der Waals surface area (Å²) in [6.45, 7) is 4.90. The quantitative estimate of drug-likeness (QED) is 0.198. The zero-order valence-corrected chi connectivity index (χ0v) is 27.5. The van der Waals surface area contributed by atoms with Gasteiger partial charge < -0.3 is 11.5 Å². The molecule has 234 valence electrons. The molecule has 0 amide bonds. The van der Waals surface area contributed by atoms with Gasteiger partial charge in [-0.2, -0.15) is 0 Å². The first-order chi connectivity index (χ1) is 22.8. The number of rotatable bonds is 4. The van der Waals surface area contributed by atoms with Crippen LogP contribution in [0.1, 0.15) is 79.3 Å².